The zero-order valence-corrected chi connectivity index (χ0v) is 32.4. The third-order valence-electron chi connectivity index (χ3n) is 14.0. The number of Topliss-reactive ketones (excluding diaryl/α,β-unsaturated/α-hetero) is 2. The Morgan fingerprint density at radius 2 is 1.80 bits per heavy atom. The Kier molecular flexibility index (Phi) is 15.2. The Bertz CT molecular complexity index is 1380. The lowest BCUT2D eigenvalue weighted by atomic mass is 9.67. The molecule has 0 spiro atoms. The molecule has 3 aliphatic carbocycles. The summed E-state index contributed by atoms with van der Waals surface area (Å²) >= 11 is 0. The topological polar surface area (TPSA) is 187 Å². The smallest absolute Gasteiger partial charge is 0.176 e. The molecule has 7 unspecified atom stereocenters. The van der Waals surface area contributed by atoms with Gasteiger partial charge in [-0.25, -0.2) is 0 Å². The van der Waals surface area contributed by atoms with Crippen molar-refractivity contribution in [3.8, 4) is 11.8 Å². The Morgan fingerprint density at radius 1 is 0.963 bits per heavy atom. The van der Waals surface area contributed by atoms with Crippen molar-refractivity contribution in [2.24, 2.45) is 58.1 Å². The van der Waals surface area contributed by atoms with Crippen LogP contribution in [0.2, 0.25) is 0 Å². The van der Waals surface area contributed by atoms with Gasteiger partial charge in [-0.15, -0.1) is 4.99 Å². The highest BCUT2D eigenvalue weighted by Gasteiger charge is 2.42. The lowest BCUT2D eigenvalue weighted by Crippen LogP contribution is -2.49. The molecule has 0 radical (unpaired) electrons. The standard InChI is InChI=1S/C43H67N4O7/c1-54-42-19-30-9-12-38(50)34(37(49)5-3-2-4-26-16-31-6-10-33(48)21-36(31)46-24-26)11-7-29(35(30)22-41(42)53)18-40(52)39(51)13-8-28-20-43(44)47-25-32(28)17-27-14-15-45-23-27/h14-15,23,26,28-32,34-37,39-43,46-47,49,51-53H,2-6,8-10,12-13,16-22,24-25,44H2,1H3/q+1/t26-,28?,29+,30?,31+,32?,34-,35?,36-,37-,39-,40+,41?,42?,43?/m1/s1. The van der Waals surface area contributed by atoms with Crippen LogP contribution in [0.1, 0.15) is 109 Å². The van der Waals surface area contributed by atoms with E-state index < -0.39 is 30.3 Å². The fourth-order valence-corrected chi connectivity index (χ4v) is 10.7. The highest BCUT2D eigenvalue weighted by Crippen LogP contribution is 2.42. The van der Waals surface area contributed by atoms with Crippen molar-refractivity contribution in [2.45, 2.75) is 152 Å². The summed E-state index contributed by atoms with van der Waals surface area (Å²) < 4.78 is 5.63. The minimum Gasteiger partial charge on any atom is -0.391 e. The minimum atomic E-state index is -1.02. The number of rotatable bonds is 15. The average Bonchev–Trinajstić information content (AvgIpc) is 3.69. The van der Waals surface area contributed by atoms with Gasteiger partial charge in [0.25, 0.3) is 0 Å². The van der Waals surface area contributed by atoms with E-state index in [1.54, 1.807) is 7.11 Å². The van der Waals surface area contributed by atoms with E-state index in [4.69, 9.17) is 10.5 Å². The zero-order chi connectivity index (χ0) is 38.2. The summed E-state index contributed by atoms with van der Waals surface area (Å²) in [5.41, 5.74) is 7.47. The number of unbranched alkanes of at least 4 members (excludes halogenated alkanes) is 1. The molecule has 11 nitrogen and oxygen atoms in total. The van der Waals surface area contributed by atoms with Crippen molar-refractivity contribution in [3.63, 3.8) is 0 Å². The number of nitrogens with zero attached hydrogens (tertiary/aromatic N) is 1. The third kappa shape index (κ3) is 11.0. The molecule has 300 valence electrons. The van der Waals surface area contributed by atoms with Crippen LogP contribution >= 0.6 is 0 Å². The van der Waals surface area contributed by atoms with Crippen molar-refractivity contribution in [2.75, 3.05) is 20.2 Å². The quantitative estimate of drug-likeness (QED) is 0.0745. The van der Waals surface area contributed by atoms with Gasteiger partial charge in [-0.1, -0.05) is 24.7 Å². The summed E-state index contributed by atoms with van der Waals surface area (Å²) in [6.07, 6.45) is 11.9. The zero-order valence-electron chi connectivity index (χ0n) is 32.4. The maximum absolute atomic E-state index is 13.6. The van der Waals surface area contributed by atoms with E-state index in [0.717, 1.165) is 64.5 Å². The summed E-state index contributed by atoms with van der Waals surface area (Å²) in [6.45, 7) is 3.55. The van der Waals surface area contributed by atoms with Crippen LogP contribution in [0.3, 0.4) is 0 Å². The van der Waals surface area contributed by atoms with Gasteiger partial charge in [0.1, 0.15) is 29.6 Å². The molecule has 8 N–H and O–H groups in total. The van der Waals surface area contributed by atoms with Crippen LogP contribution in [0.15, 0.2) is 16.6 Å². The second kappa shape index (κ2) is 19.8. The number of nitrogens with one attached hydrogen (secondary N) is 2. The number of ketones is 2. The highest BCUT2D eigenvalue weighted by atomic mass is 16.5. The summed E-state index contributed by atoms with van der Waals surface area (Å²) in [6, 6.07) is 0.337. The van der Waals surface area contributed by atoms with E-state index in [2.05, 4.69) is 27.5 Å². The lowest BCUT2D eigenvalue weighted by Gasteiger charge is -2.41. The number of methoxy groups -OCH3 is 1. The van der Waals surface area contributed by atoms with Crippen LogP contribution < -0.4 is 16.4 Å². The Labute approximate surface area is 322 Å². The van der Waals surface area contributed by atoms with E-state index in [1.165, 1.54) is 5.57 Å². The molecule has 2 saturated carbocycles. The number of aliphatic imine (C=N–C) groups is 1. The first-order valence-corrected chi connectivity index (χ1v) is 21.2. The SMILES string of the molecule is COC1CC2CCC(=O)[C@@H]([C@H](O)CCCC[C@H]3CN[C@@H]4CC(=O)CC[C@H]4C3)C#C[C@@H](C[C@H](O)[C@H](O)CCC3CC(N)NCC3CC3=C[CH+]N=C3)C2CC1O. The van der Waals surface area contributed by atoms with Gasteiger partial charge in [0.05, 0.1) is 42.8 Å². The predicted octanol–water partition coefficient (Wildman–Crippen LogP) is 3.22. The highest BCUT2D eigenvalue weighted by molar-refractivity contribution is 5.84. The van der Waals surface area contributed by atoms with Gasteiger partial charge >= 0.3 is 0 Å². The number of hydrogen-bond acceptors (Lipinski definition) is 11. The van der Waals surface area contributed by atoms with E-state index in [0.29, 0.717) is 86.9 Å². The molecule has 3 aliphatic heterocycles. The Hall–Kier alpha value is -2.14. The van der Waals surface area contributed by atoms with Crippen LogP contribution in [-0.2, 0) is 14.3 Å². The van der Waals surface area contributed by atoms with Gasteiger partial charge in [-0.05, 0) is 113 Å². The molecule has 4 fully saturated rings. The number of fused-ring (bicyclic) bond motifs is 2. The lowest BCUT2D eigenvalue weighted by molar-refractivity contribution is -0.125. The van der Waals surface area contributed by atoms with E-state index >= 15 is 0 Å². The molecule has 54 heavy (non-hydrogen) atoms. The number of aliphatic hydroxyl groups excluding tert-OH is 4. The molecular formula is C43H67N4O7+. The molecule has 0 aromatic carbocycles. The van der Waals surface area contributed by atoms with Crippen LogP contribution in [0.5, 0.6) is 0 Å². The number of piperidine rings is 2. The third-order valence-corrected chi connectivity index (χ3v) is 14.0. The molecule has 6 aliphatic rings. The first-order valence-electron chi connectivity index (χ1n) is 21.2. The van der Waals surface area contributed by atoms with Crippen LogP contribution in [0.4, 0.5) is 0 Å². The molecule has 2 saturated heterocycles. The van der Waals surface area contributed by atoms with Gasteiger partial charge in [0, 0.05) is 51.3 Å². The van der Waals surface area contributed by atoms with Crippen LogP contribution in [-0.4, -0.2) is 101 Å². The van der Waals surface area contributed by atoms with Crippen molar-refractivity contribution in [3.05, 3.63) is 18.2 Å². The van der Waals surface area contributed by atoms with Gasteiger partial charge in [-0.3, -0.25) is 9.59 Å². The number of ether oxygens (including phenoxy) is 1. The molecule has 0 amide bonds. The first kappa shape index (κ1) is 41.5. The molecule has 11 heteroatoms. The average molecular weight is 752 g/mol. The Balaban J connectivity index is 1.06. The minimum absolute atomic E-state index is 0.0447. The number of nitrogens with two attached hydrogens (primary N) is 1. The number of allylic oxidation sites excluding steroid dienone is 1. The predicted molar refractivity (Wildman–Crippen MR) is 208 cm³/mol. The van der Waals surface area contributed by atoms with Gasteiger partial charge in [0.15, 0.2) is 6.21 Å². The molecule has 0 bridgehead atoms. The van der Waals surface area contributed by atoms with Crippen LogP contribution in [0.25, 0.3) is 0 Å². The summed E-state index contributed by atoms with van der Waals surface area (Å²) in [5, 5.41) is 52.2. The van der Waals surface area contributed by atoms with E-state index in [-0.39, 0.29) is 42.2 Å². The second-order valence-corrected chi connectivity index (χ2v) is 17.7. The van der Waals surface area contributed by atoms with Gasteiger partial charge in [0.2, 0.25) is 0 Å². The molecule has 0 aromatic heterocycles. The van der Waals surface area contributed by atoms with Crippen molar-refractivity contribution >= 4 is 17.8 Å². The Morgan fingerprint density at radius 3 is 2.59 bits per heavy atom. The van der Waals surface area contributed by atoms with Crippen molar-refractivity contribution < 1.29 is 34.8 Å². The second-order valence-electron chi connectivity index (χ2n) is 17.7. The molecular weight excluding hydrogens is 684 g/mol. The van der Waals surface area contributed by atoms with Crippen LogP contribution in [0, 0.1) is 65.7 Å². The monoisotopic (exact) mass is 752 g/mol. The number of hydrogen-bond donors (Lipinski definition) is 7. The van der Waals surface area contributed by atoms with Crippen molar-refractivity contribution in [1.29, 1.82) is 0 Å². The number of carbonyl (C=O) groups excluding carboxylic acids is 2. The fourth-order valence-electron chi connectivity index (χ4n) is 10.7. The summed E-state index contributed by atoms with van der Waals surface area (Å²) in [7, 11) is 1.61. The molecule has 0 aromatic rings. The molecule has 3 heterocycles. The number of aliphatic hydroxyl groups is 4. The number of carbonyl (C=O) groups is 2. The summed E-state index contributed by atoms with van der Waals surface area (Å²) in [5.74, 6) is 7.55. The largest absolute Gasteiger partial charge is 0.391 e. The van der Waals surface area contributed by atoms with Crippen molar-refractivity contribution in [1.82, 2.24) is 10.6 Å². The normalized spacial score (nSPS) is 38.7. The maximum atomic E-state index is 13.6. The van der Waals surface area contributed by atoms with Gasteiger partial charge < -0.3 is 41.5 Å². The molecule has 6 rings (SSSR count). The van der Waals surface area contributed by atoms with Gasteiger partial charge in [-0.2, -0.15) is 0 Å². The summed E-state index contributed by atoms with van der Waals surface area (Å²) in [4.78, 5) is 29.7. The first-order chi connectivity index (χ1) is 26.1. The fraction of sp³-hybridized carbons (Fsp3) is 0.814. The van der Waals surface area contributed by atoms with E-state index in [9.17, 15) is 30.0 Å². The maximum Gasteiger partial charge on any atom is 0.176 e. The van der Waals surface area contributed by atoms with E-state index in [1.807, 2.05) is 18.8 Å². The molecule has 15 atom stereocenters.